The number of rotatable bonds is 21. The summed E-state index contributed by atoms with van der Waals surface area (Å²) >= 11 is 0. The summed E-state index contributed by atoms with van der Waals surface area (Å²) in [6.07, 6.45) is 16.9. The zero-order chi connectivity index (χ0) is 43.3. The van der Waals surface area contributed by atoms with E-state index >= 15 is 0 Å². The van der Waals surface area contributed by atoms with Gasteiger partial charge in [0, 0.05) is 25.1 Å². The molecule has 0 aromatic rings. The number of carbonyl (C=O) groups is 3. The number of ether oxygens (including phenoxy) is 1. The van der Waals surface area contributed by atoms with Crippen molar-refractivity contribution in [1.29, 1.82) is 0 Å². The molecule has 8 nitrogen and oxygen atoms in total. The standard InChI is InChI=1S/C36H63N3O3.C11H19NO.C2H6/c1-24(2)25(3)32-29(36(32,8)9)20-21-30(40)33(28-18-14-11-15-19-28)39-26(4)38-31(35(5,6)7)23-42-34(41)37-22-27-16-12-10-13-17-27;1-5-7-9(3)10(4)11(13)12-8-6-2;1-2/h25,27-29,31-33,38-39H,1,4,10-23H2,2-3,5-9H3,(H,37,41);6,9H,2,4-5,7-8H2,1,3H3,(H,12,13);1-2H3/t25?,29-,31?,32+,33?;;/m0../s1. The van der Waals surface area contributed by atoms with Gasteiger partial charge in [0.1, 0.15) is 6.61 Å². The van der Waals surface area contributed by atoms with Crippen molar-refractivity contribution in [2.75, 3.05) is 19.7 Å². The van der Waals surface area contributed by atoms with Gasteiger partial charge in [-0.05, 0) is 91.8 Å². The van der Waals surface area contributed by atoms with Crippen molar-refractivity contribution in [3.63, 3.8) is 0 Å². The Morgan fingerprint density at radius 2 is 1.47 bits per heavy atom. The maximum absolute atomic E-state index is 13.8. The minimum atomic E-state index is -0.354. The molecule has 328 valence electrons. The van der Waals surface area contributed by atoms with Gasteiger partial charge < -0.3 is 26.0 Å². The topological polar surface area (TPSA) is 109 Å². The van der Waals surface area contributed by atoms with E-state index in [0.29, 0.717) is 66.3 Å². The Labute approximate surface area is 350 Å². The van der Waals surface area contributed by atoms with Crippen LogP contribution in [-0.4, -0.2) is 49.6 Å². The fourth-order valence-corrected chi connectivity index (χ4v) is 8.91. The maximum Gasteiger partial charge on any atom is 0.407 e. The molecule has 0 aromatic heterocycles. The lowest BCUT2D eigenvalue weighted by Gasteiger charge is -2.36. The average molecular weight is 797 g/mol. The van der Waals surface area contributed by atoms with E-state index in [2.05, 4.69) is 103 Å². The molecule has 6 atom stereocenters. The van der Waals surface area contributed by atoms with Crippen LogP contribution in [-0.2, 0) is 14.3 Å². The predicted octanol–water partition coefficient (Wildman–Crippen LogP) is 11.4. The van der Waals surface area contributed by atoms with E-state index in [0.717, 1.165) is 32.1 Å². The summed E-state index contributed by atoms with van der Waals surface area (Å²) in [6.45, 7) is 40.9. The highest BCUT2D eigenvalue weighted by Crippen LogP contribution is 2.64. The lowest BCUT2D eigenvalue weighted by molar-refractivity contribution is -0.122. The summed E-state index contributed by atoms with van der Waals surface area (Å²) in [5.74, 6) is 3.72. The number of amides is 2. The van der Waals surface area contributed by atoms with E-state index in [1.807, 2.05) is 20.8 Å². The van der Waals surface area contributed by atoms with E-state index in [1.54, 1.807) is 6.08 Å². The summed E-state index contributed by atoms with van der Waals surface area (Å²) in [5.41, 5.74) is 2.00. The molecule has 0 saturated heterocycles. The molecule has 8 heteroatoms. The fourth-order valence-electron chi connectivity index (χ4n) is 8.91. The minimum absolute atomic E-state index is 0.0548. The Hall–Kier alpha value is -3.03. The first-order chi connectivity index (χ1) is 26.8. The van der Waals surface area contributed by atoms with Gasteiger partial charge in [-0.25, -0.2) is 4.79 Å². The van der Waals surface area contributed by atoms with Gasteiger partial charge in [-0.2, -0.15) is 0 Å². The third-order valence-electron chi connectivity index (χ3n) is 13.0. The van der Waals surface area contributed by atoms with Crippen molar-refractivity contribution in [2.24, 2.45) is 46.3 Å². The Balaban J connectivity index is 0.000000919. The summed E-state index contributed by atoms with van der Waals surface area (Å²) in [4.78, 5) is 37.7. The Bertz CT molecular complexity index is 1270. The van der Waals surface area contributed by atoms with Crippen molar-refractivity contribution in [2.45, 2.75) is 178 Å². The van der Waals surface area contributed by atoms with Crippen LogP contribution in [0.1, 0.15) is 166 Å². The maximum atomic E-state index is 13.8. The molecule has 4 unspecified atom stereocenters. The second-order valence-corrected chi connectivity index (χ2v) is 18.9. The number of hydrogen-bond acceptors (Lipinski definition) is 6. The first-order valence-electron chi connectivity index (χ1n) is 22.7. The smallest absolute Gasteiger partial charge is 0.407 e. The van der Waals surface area contributed by atoms with Crippen LogP contribution in [0.3, 0.4) is 0 Å². The molecular formula is C49H88N4O4. The molecule has 0 spiro atoms. The van der Waals surface area contributed by atoms with Crippen molar-refractivity contribution >= 4 is 17.8 Å². The van der Waals surface area contributed by atoms with Gasteiger partial charge in [0.15, 0.2) is 5.78 Å². The summed E-state index contributed by atoms with van der Waals surface area (Å²) < 4.78 is 5.67. The van der Waals surface area contributed by atoms with Crippen LogP contribution in [0.15, 0.2) is 49.4 Å². The molecular weight excluding hydrogens is 709 g/mol. The van der Waals surface area contributed by atoms with Crippen LogP contribution >= 0.6 is 0 Å². The molecule has 57 heavy (non-hydrogen) atoms. The molecule has 3 aliphatic rings. The predicted molar refractivity (Wildman–Crippen MR) is 242 cm³/mol. The lowest BCUT2D eigenvalue weighted by Crippen LogP contribution is -2.51. The van der Waals surface area contributed by atoms with Crippen molar-refractivity contribution in [3.8, 4) is 0 Å². The van der Waals surface area contributed by atoms with E-state index in [-0.39, 0.29) is 47.4 Å². The number of carbonyl (C=O) groups excluding carboxylic acids is 3. The quantitative estimate of drug-likeness (QED) is 0.0680. The van der Waals surface area contributed by atoms with Crippen molar-refractivity contribution in [3.05, 3.63) is 49.4 Å². The van der Waals surface area contributed by atoms with Gasteiger partial charge >= 0.3 is 6.09 Å². The Morgan fingerprint density at radius 3 is 2.00 bits per heavy atom. The second-order valence-electron chi connectivity index (χ2n) is 18.9. The monoisotopic (exact) mass is 797 g/mol. The van der Waals surface area contributed by atoms with Gasteiger partial charge in [-0.1, -0.05) is 146 Å². The van der Waals surface area contributed by atoms with E-state index in [9.17, 15) is 14.4 Å². The zero-order valence-electron chi connectivity index (χ0n) is 38.7. The van der Waals surface area contributed by atoms with Crippen LogP contribution in [0.2, 0.25) is 0 Å². The number of Topliss-reactive ketones (excluding diaryl/α,β-unsaturated/α-hetero) is 1. The van der Waals surface area contributed by atoms with Gasteiger partial charge in [0.25, 0.3) is 0 Å². The molecule has 0 radical (unpaired) electrons. The van der Waals surface area contributed by atoms with E-state index in [1.165, 1.54) is 56.9 Å². The first kappa shape index (κ1) is 52.0. The third-order valence-corrected chi connectivity index (χ3v) is 13.0. The van der Waals surface area contributed by atoms with Crippen LogP contribution < -0.4 is 21.3 Å². The highest BCUT2D eigenvalue weighted by Gasteiger charge is 2.59. The summed E-state index contributed by atoms with van der Waals surface area (Å²) in [5, 5.41) is 12.7. The summed E-state index contributed by atoms with van der Waals surface area (Å²) in [7, 11) is 0. The zero-order valence-corrected chi connectivity index (χ0v) is 38.7. The molecule has 0 aromatic carbocycles. The number of hydrogen-bond donors (Lipinski definition) is 4. The Kier molecular flexibility index (Phi) is 23.8. The van der Waals surface area contributed by atoms with Gasteiger partial charge in [0.05, 0.1) is 17.9 Å². The first-order valence-corrected chi connectivity index (χ1v) is 22.7. The van der Waals surface area contributed by atoms with Crippen LogP contribution in [0.5, 0.6) is 0 Å². The van der Waals surface area contributed by atoms with Gasteiger partial charge in [0.2, 0.25) is 5.91 Å². The Morgan fingerprint density at radius 1 is 0.895 bits per heavy atom. The number of nitrogens with one attached hydrogen (secondary N) is 4. The molecule has 0 heterocycles. The second kappa shape index (κ2) is 26.1. The van der Waals surface area contributed by atoms with E-state index < -0.39 is 0 Å². The molecule has 3 rings (SSSR count). The lowest BCUT2D eigenvalue weighted by atomic mass is 9.81. The van der Waals surface area contributed by atoms with Crippen LogP contribution in [0.25, 0.3) is 0 Å². The molecule has 3 saturated carbocycles. The van der Waals surface area contributed by atoms with Crippen LogP contribution in [0.4, 0.5) is 4.79 Å². The molecule has 0 aliphatic heterocycles. The van der Waals surface area contributed by atoms with Crippen LogP contribution in [0, 0.1) is 46.3 Å². The van der Waals surface area contributed by atoms with Crippen molar-refractivity contribution in [1.82, 2.24) is 21.3 Å². The molecule has 4 N–H and O–H groups in total. The minimum Gasteiger partial charge on any atom is -0.447 e. The number of allylic oxidation sites excluding steroid dienone is 1. The average Bonchev–Trinajstić information content (AvgIpc) is 3.75. The van der Waals surface area contributed by atoms with Gasteiger partial charge in [-0.15, -0.1) is 6.58 Å². The highest BCUT2D eigenvalue weighted by molar-refractivity contribution is 5.93. The number of alkyl carbamates (subject to hydrolysis) is 1. The molecule has 3 aliphatic carbocycles. The molecule has 2 amide bonds. The highest BCUT2D eigenvalue weighted by atomic mass is 16.5. The number of ketones is 1. The molecule has 3 fully saturated rings. The SMILES string of the molecule is C=C(NC(C(=O)CC[C@H]1[C@@H](C(C)C(=C)C)C1(C)C)C1CCCCC1)NC(COC(=O)NCC1CCCCC1)C(C)(C)C.C=CCNC(=O)C(=C)C(C)CCC.CC. The molecule has 0 bridgehead atoms. The van der Waals surface area contributed by atoms with Crippen molar-refractivity contribution < 1.29 is 19.1 Å². The summed E-state index contributed by atoms with van der Waals surface area (Å²) in [6, 6.07) is -0.374. The fraction of sp³-hybridized carbons (Fsp3) is 0.776. The largest absolute Gasteiger partial charge is 0.447 e. The van der Waals surface area contributed by atoms with E-state index in [4.69, 9.17) is 4.74 Å². The normalized spacial score (nSPS) is 21.2. The third kappa shape index (κ3) is 18.2. The van der Waals surface area contributed by atoms with Gasteiger partial charge in [-0.3, -0.25) is 9.59 Å².